The second kappa shape index (κ2) is 3.65. The van der Waals surface area contributed by atoms with E-state index in [-0.39, 0.29) is 19.4 Å². The molecule has 2 rings (SSSR count). The van der Waals surface area contributed by atoms with E-state index in [0.29, 0.717) is 0 Å². The van der Waals surface area contributed by atoms with Gasteiger partial charge in [0.05, 0.1) is 13.2 Å². The molecule has 0 aromatic heterocycles. The largest absolute Gasteiger partial charge is 0.388 e. The first-order valence-corrected chi connectivity index (χ1v) is 5.02. The molecule has 5 unspecified atom stereocenters. The molecule has 0 saturated carbocycles. The molecule has 0 radical (unpaired) electrons. The molecule has 2 heterocycles. The van der Waals surface area contributed by atoms with Crippen molar-refractivity contribution in [1.29, 1.82) is 0 Å². The number of hydrogen-bond donors (Lipinski definition) is 3. The molecule has 15 heavy (non-hydrogen) atoms. The Kier molecular flexibility index (Phi) is 2.74. The molecule has 0 spiro atoms. The number of rotatable bonds is 0. The van der Waals surface area contributed by atoms with Gasteiger partial charge in [0, 0.05) is 0 Å². The van der Waals surface area contributed by atoms with Crippen LogP contribution in [-0.4, -0.2) is 70.7 Å². The average molecular weight is 219 g/mol. The van der Waals surface area contributed by atoms with Gasteiger partial charge in [-0.05, 0) is 14.0 Å². The van der Waals surface area contributed by atoms with Crippen LogP contribution in [0.15, 0.2) is 0 Å². The molecule has 6 nitrogen and oxygen atoms in total. The van der Waals surface area contributed by atoms with Crippen LogP contribution in [0, 0.1) is 0 Å². The van der Waals surface area contributed by atoms with E-state index in [1.807, 2.05) is 6.92 Å². The van der Waals surface area contributed by atoms with E-state index in [4.69, 9.17) is 9.47 Å². The molecular formula is C9H17NO5. The minimum absolute atomic E-state index is 0.0836. The van der Waals surface area contributed by atoms with Crippen molar-refractivity contribution in [3.8, 4) is 0 Å². The third-order valence-electron chi connectivity index (χ3n) is 3.09. The number of hydrogen-bond acceptors (Lipinski definition) is 6. The Balaban J connectivity index is 2.18. The van der Waals surface area contributed by atoms with Gasteiger partial charge < -0.3 is 24.8 Å². The van der Waals surface area contributed by atoms with Crippen LogP contribution in [0.5, 0.6) is 0 Å². The summed E-state index contributed by atoms with van der Waals surface area (Å²) in [5.74, 6) is -1.53. The molecule has 2 fully saturated rings. The molecule has 3 N–H and O–H groups in total. The highest BCUT2D eigenvalue weighted by Crippen LogP contribution is 2.32. The Morgan fingerprint density at radius 1 is 1.40 bits per heavy atom. The maximum Gasteiger partial charge on any atom is 0.208 e. The lowest BCUT2D eigenvalue weighted by atomic mass is 9.95. The molecule has 6 heteroatoms. The Morgan fingerprint density at radius 2 is 2.07 bits per heavy atom. The van der Waals surface area contributed by atoms with Crippen molar-refractivity contribution in [2.24, 2.45) is 0 Å². The van der Waals surface area contributed by atoms with Crippen LogP contribution in [0.3, 0.4) is 0 Å². The molecule has 2 aliphatic rings. The summed E-state index contributed by atoms with van der Waals surface area (Å²) >= 11 is 0. The van der Waals surface area contributed by atoms with Crippen LogP contribution in [0.25, 0.3) is 0 Å². The lowest BCUT2D eigenvalue weighted by molar-refractivity contribution is -0.373. The van der Waals surface area contributed by atoms with Gasteiger partial charge >= 0.3 is 0 Å². The Hall–Kier alpha value is -0.240. The van der Waals surface area contributed by atoms with Crippen molar-refractivity contribution in [3.63, 3.8) is 0 Å². The van der Waals surface area contributed by atoms with E-state index in [1.54, 1.807) is 11.9 Å². The Bertz CT molecular complexity index is 251. The monoisotopic (exact) mass is 219 g/mol. The normalized spacial score (nSPS) is 52.6. The van der Waals surface area contributed by atoms with Gasteiger partial charge in [0.1, 0.15) is 24.5 Å². The lowest BCUT2D eigenvalue weighted by Gasteiger charge is -2.51. The molecule has 0 amide bonds. The number of likely N-dealkylation sites (N-methyl/N-ethyl adjacent to an activating group) is 1. The third kappa shape index (κ3) is 1.77. The van der Waals surface area contributed by atoms with E-state index >= 15 is 0 Å². The predicted molar refractivity (Wildman–Crippen MR) is 49.9 cm³/mol. The minimum atomic E-state index is -1.53. The molecule has 0 bridgehead atoms. The standard InChI is InChI=1S/C9H17NO5/c1-5-10(2)4-9(13)8(15-5)7(12)6(11)3-14-9/h5-8,11-13H,3-4H2,1-2H3. The molecule has 88 valence electrons. The fourth-order valence-electron chi connectivity index (χ4n) is 2.00. The summed E-state index contributed by atoms with van der Waals surface area (Å²) in [6.07, 6.45) is -3.24. The molecule has 0 aliphatic carbocycles. The van der Waals surface area contributed by atoms with Gasteiger partial charge in [0.15, 0.2) is 0 Å². The van der Waals surface area contributed by atoms with Gasteiger partial charge in [0.25, 0.3) is 0 Å². The number of ether oxygens (including phenoxy) is 2. The van der Waals surface area contributed by atoms with Gasteiger partial charge in [-0.15, -0.1) is 0 Å². The number of fused-ring (bicyclic) bond motifs is 1. The van der Waals surface area contributed by atoms with Crippen LogP contribution in [-0.2, 0) is 9.47 Å². The van der Waals surface area contributed by atoms with Crippen molar-refractivity contribution in [2.45, 2.75) is 37.3 Å². The number of β-amino-alcohol motifs (C(OH)–C–C–N with tert-alkyl or cyclic N) is 1. The van der Waals surface area contributed by atoms with Crippen molar-refractivity contribution < 1.29 is 24.8 Å². The third-order valence-corrected chi connectivity index (χ3v) is 3.09. The quantitative estimate of drug-likeness (QED) is 0.441. The first-order valence-electron chi connectivity index (χ1n) is 5.02. The minimum Gasteiger partial charge on any atom is -0.388 e. The SMILES string of the molecule is CC1OC2C(O)C(O)COC2(O)CN1C. The summed E-state index contributed by atoms with van der Waals surface area (Å²) in [6, 6.07) is 0. The van der Waals surface area contributed by atoms with Crippen molar-refractivity contribution in [2.75, 3.05) is 20.2 Å². The maximum atomic E-state index is 10.1. The van der Waals surface area contributed by atoms with Crippen molar-refractivity contribution >= 4 is 0 Å². The number of aliphatic hydroxyl groups excluding tert-OH is 2. The smallest absolute Gasteiger partial charge is 0.208 e. The summed E-state index contributed by atoms with van der Waals surface area (Å²) in [6.45, 7) is 1.98. The van der Waals surface area contributed by atoms with E-state index < -0.39 is 24.1 Å². The topological polar surface area (TPSA) is 82.4 Å². The summed E-state index contributed by atoms with van der Waals surface area (Å²) in [5, 5.41) is 29.2. The fourth-order valence-corrected chi connectivity index (χ4v) is 2.00. The zero-order valence-corrected chi connectivity index (χ0v) is 8.83. The molecule has 5 atom stereocenters. The zero-order valence-electron chi connectivity index (χ0n) is 8.83. The summed E-state index contributed by atoms with van der Waals surface area (Å²) in [5.41, 5.74) is 0. The average Bonchev–Trinajstić information content (AvgIpc) is 2.17. The zero-order chi connectivity index (χ0) is 11.2. The Labute approximate surface area is 88.0 Å². The van der Waals surface area contributed by atoms with Crippen LogP contribution in [0.2, 0.25) is 0 Å². The van der Waals surface area contributed by atoms with Gasteiger partial charge in [-0.3, -0.25) is 4.90 Å². The highest BCUT2D eigenvalue weighted by atomic mass is 16.7. The summed E-state index contributed by atoms with van der Waals surface area (Å²) < 4.78 is 10.6. The van der Waals surface area contributed by atoms with Crippen LogP contribution < -0.4 is 0 Å². The van der Waals surface area contributed by atoms with Crippen LogP contribution in [0.1, 0.15) is 6.92 Å². The number of aliphatic hydroxyl groups is 3. The van der Waals surface area contributed by atoms with Crippen molar-refractivity contribution in [3.05, 3.63) is 0 Å². The first kappa shape index (κ1) is 11.3. The molecule has 0 aromatic rings. The van der Waals surface area contributed by atoms with Gasteiger partial charge in [-0.2, -0.15) is 0 Å². The van der Waals surface area contributed by atoms with E-state index in [9.17, 15) is 15.3 Å². The van der Waals surface area contributed by atoms with Gasteiger partial charge in [-0.25, -0.2) is 0 Å². The highest BCUT2D eigenvalue weighted by molar-refractivity contribution is 4.97. The van der Waals surface area contributed by atoms with E-state index in [0.717, 1.165) is 0 Å². The molecule has 2 saturated heterocycles. The molecule has 2 aliphatic heterocycles. The van der Waals surface area contributed by atoms with Crippen LogP contribution in [0.4, 0.5) is 0 Å². The lowest BCUT2D eigenvalue weighted by Crippen LogP contribution is -2.70. The van der Waals surface area contributed by atoms with Crippen LogP contribution >= 0.6 is 0 Å². The predicted octanol–water partition coefficient (Wildman–Crippen LogP) is -1.90. The fraction of sp³-hybridized carbons (Fsp3) is 1.00. The first-order chi connectivity index (χ1) is 6.94. The van der Waals surface area contributed by atoms with Gasteiger partial charge in [-0.1, -0.05) is 0 Å². The maximum absolute atomic E-state index is 10.1. The summed E-state index contributed by atoms with van der Waals surface area (Å²) in [7, 11) is 1.79. The van der Waals surface area contributed by atoms with E-state index in [1.165, 1.54) is 0 Å². The highest BCUT2D eigenvalue weighted by Gasteiger charge is 2.54. The molecular weight excluding hydrogens is 202 g/mol. The summed E-state index contributed by atoms with van der Waals surface area (Å²) in [4.78, 5) is 1.78. The van der Waals surface area contributed by atoms with E-state index in [2.05, 4.69) is 0 Å². The Morgan fingerprint density at radius 3 is 2.73 bits per heavy atom. The second-order valence-corrected chi connectivity index (χ2v) is 4.28. The molecule has 0 aromatic carbocycles. The van der Waals surface area contributed by atoms with Gasteiger partial charge in [0.2, 0.25) is 5.79 Å². The second-order valence-electron chi connectivity index (χ2n) is 4.28. The van der Waals surface area contributed by atoms with Crippen molar-refractivity contribution in [1.82, 2.24) is 4.90 Å². The number of nitrogens with zero attached hydrogens (tertiary/aromatic N) is 1.